The molecule has 1 aliphatic heterocycles. The molecule has 0 radical (unpaired) electrons. The lowest BCUT2D eigenvalue weighted by Gasteiger charge is -2.38. The van der Waals surface area contributed by atoms with Gasteiger partial charge in [-0.25, -0.2) is 9.78 Å². The molecule has 3 N–H and O–H groups in total. The fourth-order valence-corrected chi connectivity index (χ4v) is 4.48. The number of aliphatic hydroxyl groups excluding tert-OH is 1. The van der Waals surface area contributed by atoms with Crippen molar-refractivity contribution in [3.63, 3.8) is 0 Å². The predicted molar refractivity (Wildman–Crippen MR) is 151 cm³/mol. The Labute approximate surface area is 245 Å². The highest BCUT2D eigenvalue weighted by Gasteiger charge is 2.35. The predicted octanol–water partition coefficient (Wildman–Crippen LogP) is 4.13. The van der Waals surface area contributed by atoms with Gasteiger partial charge in [0.25, 0.3) is 11.8 Å². The van der Waals surface area contributed by atoms with E-state index in [-0.39, 0.29) is 54.0 Å². The van der Waals surface area contributed by atoms with E-state index in [4.69, 9.17) is 4.74 Å². The van der Waals surface area contributed by atoms with Crippen LogP contribution in [0.4, 0.5) is 29.3 Å². The van der Waals surface area contributed by atoms with E-state index in [1.165, 1.54) is 35.4 Å². The first-order chi connectivity index (χ1) is 20.4. The van der Waals surface area contributed by atoms with Crippen molar-refractivity contribution in [1.82, 2.24) is 19.8 Å². The third kappa shape index (κ3) is 7.38. The number of carbonyl (C=O) groups excluding carboxylic acids is 3. The van der Waals surface area contributed by atoms with E-state index >= 15 is 0 Å². The molecule has 4 rings (SSSR count). The van der Waals surface area contributed by atoms with Gasteiger partial charge in [-0.1, -0.05) is 13.0 Å². The van der Waals surface area contributed by atoms with Gasteiger partial charge in [0.05, 0.1) is 42.2 Å². The Morgan fingerprint density at radius 3 is 2.51 bits per heavy atom. The summed E-state index contributed by atoms with van der Waals surface area (Å²) in [5, 5.41) is 15.1. The van der Waals surface area contributed by atoms with Crippen LogP contribution in [0.25, 0.3) is 0 Å². The molecule has 1 aliphatic rings. The molecule has 3 atom stereocenters. The molecule has 11 nitrogen and oxygen atoms in total. The SMILES string of the molecule is C[C@H](CO)N1C[C@H](C)[C@H](CN(C)C(=O)Nc2ccc(C(F)(F)F)cc2)Oc2c(NC(=O)c3cnccn3)cccc2C1=O. The number of nitrogens with one attached hydrogen (secondary N) is 2. The molecular weight excluding hydrogens is 569 g/mol. The first-order valence-electron chi connectivity index (χ1n) is 13.4. The van der Waals surface area contributed by atoms with Gasteiger partial charge in [-0.05, 0) is 43.3 Å². The quantitative estimate of drug-likeness (QED) is 0.371. The smallest absolute Gasteiger partial charge is 0.416 e. The number of anilines is 2. The topological polar surface area (TPSA) is 137 Å². The summed E-state index contributed by atoms with van der Waals surface area (Å²) in [5.74, 6) is -1.28. The van der Waals surface area contributed by atoms with Crippen LogP contribution in [0.15, 0.2) is 61.1 Å². The van der Waals surface area contributed by atoms with E-state index in [9.17, 15) is 32.7 Å². The zero-order chi connectivity index (χ0) is 31.3. The van der Waals surface area contributed by atoms with Crippen LogP contribution in [-0.4, -0.2) is 81.6 Å². The first kappa shape index (κ1) is 31.2. The lowest BCUT2D eigenvalue weighted by molar-refractivity contribution is -0.137. The van der Waals surface area contributed by atoms with Crippen LogP contribution in [0.1, 0.15) is 40.3 Å². The Hall–Kier alpha value is -4.72. The Balaban J connectivity index is 1.61. The van der Waals surface area contributed by atoms with Crippen molar-refractivity contribution < 1.29 is 37.4 Å². The summed E-state index contributed by atoms with van der Waals surface area (Å²) in [7, 11) is 1.50. The zero-order valence-electron chi connectivity index (χ0n) is 23.6. The fourth-order valence-electron chi connectivity index (χ4n) is 4.48. The lowest BCUT2D eigenvalue weighted by Crippen LogP contribution is -2.50. The molecule has 1 aromatic heterocycles. The largest absolute Gasteiger partial charge is 0.485 e. The lowest BCUT2D eigenvalue weighted by atomic mass is 9.99. The number of ether oxygens (including phenoxy) is 1. The molecule has 228 valence electrons. The summed E-state index contributed by atoms with van der Waals surface area (Å²) in [6.07, 6.45) is -1.14. The molecule has 3 aromatic rings. The van der Waals surface area contributed by atoms with Crippen LogP contribution in [-0.2, 0) is 6.18 Å². The minimum Gasteiger partial charge on any atom is -0.485 e. The maximum atomic E-state index is 13.6. The van der Waals surface area contributed by atoms with Gasteiger partial charge >= 0.3 is 12.2 Å². The van der Waals surface area contributed by atoms with E-state index in [2.05, 4.69) is 20.6 Å². The number of amides is 4. The van der Waals surface area contributed by atoms with Crippen molar-refractivity contribution in [2.24, 2.45) is 5.92 Å². The number of aromatic nitrogens is 2. The molecule has 2 heterocycles. The molecule has 2 aromatic carbocycles. The molecule has 0 bridgehead atoms. The summed E-state index contributed by atoms with van der Waals surface area (Å²) >= 11 is 0. The van der Waals surface area contributed by atoms with Gasteiger partial charge in [-0.2, -0.15) is 13.2 Å². The van der Waals surface area contributed by atoms with Gasteiger partial charge in [0.2, 0.25) is 0 Å². The van der Waals surface area contributed by atoms with Crippen LogP contribution >= 0.6 is 0 Å². The van der Waals surface area contributed by atoms with Crippen molar-refractivity contribution in [3.05, 3.63) is 77.9 Å². The molecule has 0 aliphatic carbocycles. The molecule has 43 heavy (non-hydrogen) atoms. The molecule has 14 heteroatoms. The molecule has 0 unspecified atom stereocenters. The summed E-state index contributed by atoms with van der Waals surface area (Å²) in [4.78, 5) is 50.2. The monoisotopic (exact) mass is 600 g/mol. The number of aliphatic hydroxyl groups is 1. The number of urea groups is 1. The number of alkyl halides is 3. The van der Waals surface area contributed by atoms with Crippen LogP contribution in [0.2, 0.25) is 0 Å². The number of hydrogen-bond acceptors (Lipinski definition) is 7. The second kappa shape index (κ2) is 13.1. The van der Waals surface area contributed by atoms with Gasteiger partial charge in [-0.15, -0.1) is 0 Å². The fraction of sp³-hybridized carbons (Fsp3) is 0.345. The molecular formula is C29H31F3N6O5. The van der Waals surface area contributed by atoms with E-state index in [1.807, 2.05) is 6.92 Å². The molecule has 0 spiro atoms. The van der Waals surface area contributed by atoms with Gasteiger partial charge in [0.1, 0.15) is 11.8 Å². The summed E-state index contributed by atoms with van der Waals surface area (Å²) in [5.41, 5.74) is -0.297. The van der Waals surface area contributed by atoms with Gasteiger partial charge in [0.15, 0.2) is 5.75 Å². The maximum Gasteiger partial charge on any atom is 0.416 e. The van der Waals surface area contributed by atoms with Crippen LogP contribution < -0.4 is 15.4 Å². The minimum absolute atomic E-state index is 0.00898. The summed E-state index contributed by atoms with van der Waals surface area (Å²) in [6.45, 7) is 3.43. The second-order valence-corrected chi connectivity index (χ2v) is 10.2. The average molecular weight is 601 g/mol. The van der Waals surface area contributed by atoms with Gasteiger partial charge in [-0.3, -0.25) is 14.6 Å². The first-order valence-corrected chi connectivity index (χ1v) is 13.4. The van der Waals surface area contributed by atoms with Crippen LogP contribution in [0, 0.1) is 5.92 Å². The number of likely N-dealkylation sites (N-methyl/N-ethyl adjacent to an activating group) is 1. The standard InChI is InChI=1S/C29H31F3N6O5/c1-17-14-38(18(2)16-39)27(41)21-5-4-6-22(36-26(40)23-13-33-11-12-34-23)25(21)43-24(17)15-37(3)28(42)35-20-9-7-19(8-10-20)29(30,31)32/h4-13,17-18,24,39H,14-16H2,1-3H3,(H,35,42)(H,36,40)/t17-,18+,24-/m0/s1. The van der Waals surface area contributed by atoms with Gasteiger partial charge < -0.3 is 30.3 Å². The number of para-hydroxylation sites is 1. The average Bonchev–Trinajstić information content (AvgIpc) is 2.99. The molecule has 0 saturated carbocycles. The summed E-state index contributed by atoms with van der Waals surface area (Å²) in [6, 6.07) is 7.61. The number of nitrogens with zero attached hydrogens (tertiary/aromatic N) is 4. The maximum absolute atomic E-state index is 13.6. The number of fused-ring (bicyclic) bond motifs is 1. The number of rotatable bonds is 7. The minimum atomic E-state index is -4.50. The highest BCUT2D eigenvalue weighted by Crippen LogP contribution is 2.35. The van der Waals surface area contributed by atoms with Crippen molar-refractivity contribution in [2.75, 3.05) is 37.4 Å². The molecule has 0 saturated heterocycles. The van der Waals surface area contributed by atoms with Crippen LogP contribution in [0.5, 0.6) is 5.75 Å². The third-order valence-corrected chi connectivity index (χ3v) is 7.00. The Bertz CT molecular complexity index is 1460. The normalized spacial score (nSPS) is 17.6. The van der Waals surface area contributed by atoms with E-state index < -0.39 is 41.7 Å². The highest BCUT2D eigenvalue weighted by molar-refractivity contribution is 6.06. The van der Waals surface area contributed by atoms with Crippen molar-refractivity contribution in [2.45, 2.75) is 32.2 Å². The second-order valence-electron chi connectivity index (χ2n) is 10.2. The van der Waals surface area contributed by atoms with Crippen molar-refractivity contribution in [3.8, 4) is 5.75 Å². The third-order valence-electron chi connectivity index (χ3n) is 7.00. The number of carbonyl (C=O) groups is 3. The van der Waals surface area contributed by atoms with E-state index in [0.29, 0.717) is 0 Å². The highest BCUT2D eigenvalue weighted by atomic mass is 19.4. The van der Waals surface area contributed by atoms with Crippen LogP contribution in [0.3, 0.4) is 0 Å². The Kier molecular flexibility index (Phi) is 9.49. The number of hydrogen-bond donors (Lipinski definition) is 3. The molecule has 4 amide bonds. The van der Waals surface area contributed by atoms with Crippen molar-refractivity contribution >= 4 is 29.2 Å². The number of halogens is 3. The van der Waals surface area contributed by atoms with Crippen molar-refractivity contribution in [1.29, 1.82) is 0 Å². The Morgan fingerprint density at radius 1 is 1.16 bits per heavy atom. The Morgan fingerprint density at radius 2 is 1.88 bits per heavy atom. The van der Waals surface area contributed by atoms with E-state index in [1.54, 1.807) is 25.1 Å². The zero-order valence-corrected chi connectivity index (χ0v) is 23.6. The molecule has 0 fully saturated rings. The van der Waals surface area contributed by atoms with Gasteiger partial charge in [0, 0.05) is 37.6 Å². The summed E-state index contributed by atoms with van der Waals surface area (Å²) < 4.78 is 45.1. The number of benzene rings is 2. The van der Waals surface area contributed by atoms with E-state index in [0.717, 1.165) is 24.3 Å².